The van der Waals surface area contributed by atoms with E-state index in [4.69, 9.17) is 4.42 Å². The summed E-state index contributed by atoms with van der Waals surface area (Å²) >= 11 is 0. The van der Waals surface area contributed by atoms with Gasteiger partial charge in [-0.25, -0.2) is 0 Å². The van der Waals surface area contributed by atoms with Gasteiger partial charge in [-0.2, -0.15) is 0 Å². The highest BCUT2D eigenvalue weighted by molar-refractivity contribution is 5.94. The van der Waals surface area contributed by atoms with Crippen molar-refractivity contribution in [1.82, 2.24) is 4.98 Å². The van der Waals surface area contributed by atoms with E-state index in [1.165, 1.54) is 12.3 Å². The van der Waals surface area contributed by atoms with Gasteiger partial charge in [0.2, 0.25) is 0 Å². The fourth-order valence-electron chi connectivity index (χ4n) is 4.34. The van der Waals surface area contributed by atoms with Gasteiger partial charge in [0.05, 0.1) is 27.5 Å². The van der Waals surface area contributed by atoms with Crippen LogP contribution in [0.2, 0.25) is 0 Å². The van der Waals surface area contributed by atoms with Crippen LogP contribution in [0.4, 0.5) is 5.69 Å². The van der Waals surface area contributed by atoms with Gasteiger partial charge >= 0.3 is 0 Å². The Labute approximate surface area is 176 Å². The van der Waals surface area contributed by atoms with Crippen LogP contribution in [0.25, 0.3) is 21.9 Å². The van der Waals surface area contributed by atoms with Crippen molar-refractivity contribution in [1.29, 1.82) is 0 Å². The first-order chi connectivity index (χ1) is 15.1. The quantitative estimate of drug-likeness (QED) is 0.305. The van der Waals surface area contributed by atoms with Crippen LogP contribution in [0.3, 0.4) is 0 Å². The van der Waals surface area contributed by atoms with E-state index in [0.717, 1.165) is 11.3 Å². The second-order valence-corrected chi connectivity index (χ2v) is 7.48. The van der Waals surface area contributed by atoms with E-state index in [0.29, 0.717) is 33.0 Å². The number of benzene rings is 3. The maximum atomic E-state index is 13.5. The van der Waals surface area contributed by atoms with Gasteiger partial charge in [0.25, 0.3) is 5.69 Å². The van der Waals surface area contributed by atoms with Gasteiger partial charge in [0.15, 0.2) is 5.43 Å². The molecular formula is C25H18N2O4. The lowest BCUT2D eigenvalue weighted by Gasteiger charge is -2.18. The lowest BCUT2D eigenvalue weighted by atomic mass is 9.83. The first-order valence-corrected chi connectivity index (χ1v) is 9.87. The molecule has 0 saturated heterocycles. The first-order valence-electron chi connectivity index (χ1n) is 9.87. The van der Waals surface area contributed by atoms with Crippen molar-refractivity contribution in [3.05, 3.63) is 122 Å². The van der Waals surface area contributed by atoms with Crippen LogP contribution in [0.1, 0.15) is 28.3 Å². The van der Waals surface area contributed by atoms with E-state index in [1.807, 2.05) is 49.4 Å². The van der Waals surface area contributed by atoms with Crippen LogP contribution in [0.15, 0.2) is 88.3 Å². The summed E-state index contributed by atoms with van der Waals surface area (Å²) in [5.74, 6) is -0.531. The Morgan fingerprint density at radius 3 is 2.48 bits per heavy atom. The normalized spacial score (nSPS) is 12.3. The Hall–Kier alpha value is -4.19. The standard InChI is InChI=1S/C25H18N2O4/c1-15-22(24-19(26-15)11-7-12-20(24)27(29)30)23(16-8-3-2-4-9-16)18-14-31-21-13-6-5-10-17(21)25(18)28/h2-14,23,26H,1H3. The molecule has 0 radical (unpaired) electrons. The van der Waals surface area contributed by atoms with E-state index >= 15 is 0 Å². The van der Waals surface area contributed by atoms with Crippen LogP contribution in [0, 0.1) is 17.0 Å². The second kappa shape index (κ2) is 7.25. The van der Waals surface area contributed by atoms with Crippen LogP contribution >= 0.6 is 0 Å². The zero-order chi connectivity index (χ0) is 21.5. The monoisotopic (exact) mass is 410 g/mol. The Morgan fingerprint density at radius 2 is 1.71 bits per heavy atom. The molecule has 0 aliphatic carbocycles. The minimum atomic E-state index is -0.531. The third kappa shape index (κ3) is 3.00. The maximum absolute atomic E-state index is 13.5. The number of hydrogen-bond acceptors (Lipinski definition) is 4. The summed E-state index contributed by atoms with van der Waals surface area (Å²) in [5.41, 5.74) is 3.78. The first kappa shape index (κ1) is 18.8. The fraction of sp³-hybridized carbons (Fsp3) is 0.0800. The third-order valence-corrected chi connectivity index (χ3v) is 5.67. The Morgan fingerprint density at radius 1 is 0.968 bits per heavy atom. The number of H-pyrrole nitrogens is 1. The summed E-state index contributed by atoms with van der Waals surface area (Å²) in [4.78, 5) is 28.2. The SMILES string of the molecule is Cc1[nH]c2cccc([N+](=O)[O-])c2c1C(c1ccccc1)c1coc2ccccc2c1=O. The number of nitro benzene ring substituents is 1. The molecule has 1 unspecified atom stereocenters. The average molecular weight is 410 g/mol. The van der Waals surface area contributed by atoms with Crippen molar-refractivity contribution in [3.8, 4) is 0 Å². The molecule has 2 heterocycles. The van der Waals surface area contributed by atoms with Gasteiger partial charge in [-0.05, 0) is 36.2 Å². The number of aryl methyl sites for hydroxylation is 1. The lowest BCUT2D eigenvalue weighted by Crippen LogP contribution is -2.16. The largest absolute Gasteiger partial charge is 0.464 e. The van der Waals surface area contributed by atoms with Crippen molar-refractivity contribution < 1.29 is 9.34 Å². The topological polar surface area (TPSA) is 89.1 Å². The van der Waals surface area contributed by atoms with Crippen molar-refractivity contribution in [2.45, 2.75) is 12.8 Å². The molecule has 6 heteroatoms. The number of rotatable bonds is 4. The molecule has 0 bridgehead atoms. The number of aromatic amines is 1. The number of fused-ring (bicyclic) bond motifs is 2. The number of aromatic nitrogens is 1. The van der Waals surface area contributed by atoms with Gasteiger partial charge < -0.3 is 9.40 Å². The van der Waals surface area contributed by atoms with Gasteiger partial charge in [0, 0.05) is 23.2 Å². The molecule has 1 atom stereocenters. The van der Waals surface area contributed by atoms with E-state index < -0.39 is 5.92 Å². The molecule has 2 aromatic heterocycles. The molecule has 0 aliphatic heterocycles. The Bertz CT molecular complexity index is 1500. The minimum Gasteiger partial charge on any atom is -0.464 e. The predicted octanol–water partition coefficient (Wildman–Crippen LogP) is 5.67. The maximum Gasteiger partial charge on any atom is 0.279 e. The van der Waals surface area contributed by atoms with Crippen molar-refractivity contribution in [2.75, 3.05) is 0 Å². The molecule has 5 aromatic rings. The molecule has 0 amide bonds. The zero-order valence-electron chi connectivity index (χ0n) is 16.7. The van der Waals surface area contributed by atoms with Crippen molar-refractivity contribution in [2.24, 2.45) is 0 Å². The van der Waals surface area contributed by atoms with Crippen molar-refractivity contribution >= 4 is 27.6 Å². The van der Waals surface area contributed by atoms with Crippen LogP contribution in [0.5, 0.6) is 0 Å². The molecule has 31 heavy (non-hydrogen) atoms. The van der Waals surface area contributed by atoms with Crippen LogP contribution < -0.4 is 5.43 Å². The molecule has 5 rings (SSSR count). The molecule has 1 N–H and O–H groups in total. The number of para-hydroxylation sites is 1. The predicted molar refractivity (Wildman–Crippen MR) is 120 cm³/mol. The fourth-order valence-corrected chi connectivity index (χ4v) is 4.34. The highest BCUT2D eigenvalue weighted by Crippen LogP contribution is 2.41. The Kier molecular flexibility index (Phi) is 4.40. The molecular weight excluding hydrogens is 392 g/mol. The zero-order valence-corrected chi connectivity index (χ0v) is 16.7. The molecule has 0 fully saturated rings. The summed E-state index contributed by atoms with van der Waals surface area (Å²) in [6.45, 7) is 1.87. The van der Waals surface area contributed by atoms with Crippen LogP contribution in [-0.2, 0) is 0 Å². The number of nitro groups is 1. The van der Waals surface area contributed by atoms with E-state index in [2.05, 4.69) is 4.98 Å². The second-order valence-electron chi connectivity index (χ2n) is 7.48. The smallest absolute Gasteiger partial charge is 0.279 e. The average Bonchev–Trinajstić information content (AvgIpc) is 3.12. The van der Waals surface area contributed by atoms with Gasteiger partial charge in [-0.15, -0.1) is 0 Å². The number of hydrogen-bond donors (Lipinski definition) is 1. The van der Waals surface area contributed by atoms with Crippen LogP contribution in [-0.4, -0.2) is 9.91 Å². The molecule has 152 valence electrons. The lowest BCUT2D eigenvalue weighted by molar-refractivity contribution is -0.383. The van der Waals surface area contributed by atoms with E-state index in [9.17, 15) is 14.9 Å². The molecule has 0 aliphatic rings. The molecule has 6 nitrogen and oxygen atoms in total. The van der Waals surface area contributed by atoms with Gasteiger partial charge in [-0.3, -0.25) is 14.9 Å². The van der Waals surface area contributed by atoms with Gasteiger partial charge in [-0.1, -0.05) is 48.5 Å². The van der Waals surface area contributed by atoms with E-state index in [-0.39, 0.29) is 16.0 Å². The molecule has 3 aromatic carbocycles. The third-order valence-electron chi connectivity index (χ3n) is 5.67. The van der Waals surface area contributed by atoms with E-state index in [1.54, 1.807) is 24.3 Å². The molecule has 0 spiro atoms. The molecule has 0 saturated carbocycles. The minimum absolute atomic E-state index is 0.00274. The summed E-state index contributed by atoms with van der Waals surface area (Å²) < 4.78 is 5.81. The van der Waals surface area contributed by atoms with Gasteiger partial charge in [0.1, 0.15) is 5.58 Å². The van der Waals surface area contributed by atoms with Crippen molar-refractivity contribution in [3.63, 3.8) is 0 Å². The number of non-ortho nitro benzene ring substituents is 1. The number of nitrogens with one attached hydrogen (secondary N) is 1. The summed E-state index contributed by atoms with van der Waals surface area (Å²) in [7, 11) is 0. The Balaban J connectivity index is 1.89. The summed E-state index contributed by atoms with van der Waals surface area (Å²) in [6, 6.07) is 21.6. The summed E-state index contributed by atoms with van der Waals surface area (Å²) in [5, 5.41) is 12.8. The number of nitrogens with zero attached hydrogens (tertiary/aromatic N) is 1. The summed E-state index contributed by atoms with van der Waals surface area (Å²) in [6.07, 6.45) is 1.48. The highest BCUT2D eigenvalue weighted by Gasteiger charge is 2.29. The highest BCUT2D eigenvalue weighted by atomic mass is 16.6.